The van der Waals surface area contributed by atoms with Gasteiger partial charge >= 0.3 is 0 Å². The highest BCUT2D eigenvalue weighted by atomic mass is 35.5. The predicted octanol–water partition coefficient (Wildman–Crippen LogP) is 3.52. The van der Waals surface area contributed by atoms with Crippen LogP contribution >= 0.6 is 11.6 Å². The molecule has 29 heavy (non-hydrogen) atoms. The van der Waals surface area contributed by atoms with Crippen molar-refractivity contribution in [3.05, 3.63) is 59.4 Å². The van der Waals surface area contributed by atoms with Crippen LogP contribution in [0.2, 0.25) is 5.15 Å². The molecule has 2 aromatic heterocycles. The molecular weight excluding hydrogens is 401 g/mol. The summed E-state index contributed by atoms with van der Waals surface area (Å²) in [5.41, 5.74) is 0.494. The molecule has 0 bridgehead atoms. The number of benzene rings is 1. The smallest absolute Gasteiger partial charge is 0.197 e. The lowest BCUT2D eigenvalue weighted by Crippen LogP contribution is -2.36. The van der Waals surface area contributed by atoms with Gasteiger partial charge < -0.3 is 18.8 Å². The number of rotatable bonds is 3. The lowest BCUT2D eigenvalue weighted by molar-refractivity contribution is -0.190. The molecule has 0 unspecified atom stereocenters. The number of ketones is 1. The molecular formula is C20H17ClFN3O4. The zero-order chi connectivity index (χ0) is 20.3. The van der Waals surface area contributed by atoms with Crippen molar-refractivity contribution in [1.82, 2.24) is 14.5 Å². The second kappa shape index (κ2) is 6.56. The highest BCUT2D eigenvalue weighted by Crippen LogP contribution is 2.45. The first-order valence-corrected chi connectivity index (χ1v) is 9.50. The number of hydrogen-bond donors (Lipinski definition) is 0. The average Bonchev–Trinajstić information content (AvgIpc) is 3.33. The summed E-state index contributed by atoms with van der Waals surface area (Å²) in [5.74, 6) is -2.02. The molecule has 2 aliphatic rings. The molecule has 0 saturated carbocycles. The highest BCUT2D eigenvalue weighted by Gasteiger charge is 2.58. The van der Waals surface area contributed by atoms with Crippen LogP contribution < -0.4 is 0 Å². The minimum Gasteiger partial charge on any atom is -0.341 e. The normalized spacial score (nSPS) is 28.0. The van der Waals surface area contributed by atoms with Crippen LogP contribution in [0.25, 0.3) is 11.0 Å². The molecule has 2 aliphatic heterocycles. The molecule has 1 aromatic carbocycles. The van der Waals surface area contributed by atoms with Crippen LogP contribution in [0.15, 0.2) is 42.9 Å². The Balaban J connectivity index is 1.56. The van der Waals surface area contributed by atoms with Crippen molar-refractivity contribution < 1.29 is 23.4 Å². The van der Waals surface area contributed by atoms with Crippen molar-refractivity contribution in [1.29, 1.82) is 0 Å². The summed E-state index contributed by atoms with van der Waals surface area (Å²) in [5, 5.41) is 0.961. The van der Waals surface area contributed by atoms with Crippen molar-refractivity contribution in [3.8, 4) is 0 Å². The predicted molar refractivity (Wildman–Crippen MR) is 101 cm³/mol. The lowest BCUT2D eigenvalue weighted by atomic mass is 10.0. The Morgan fingerprint density at radius 2 is 1.93 bits per heavy atom. The quantitative estimate of drug-likeness (QED) is 0.479. The standard InChI is InChI=1S/C20H17ClFN3O4/c1-20(2)28-15-14(13(26)10-5-3-4-6-12(10)22)27-19(16(15)29-20)25-8-7-11-17(21)23-9-24-18(11)25/h3-9,14-16,19H,1-2H3/t14-,15-,16-,19-/m1/s1. The van der Waals surface area contributed by atoms with Crippen molar-refractivity contribution in [2.75, 3.05) is 0 Å². The molecule has 2 fully saturated rings. The fourth-order valence-electron chi connectivity index (χ4n) is 3.97. The van der Waals surface area contributed by atoms with Gasteiger partial charge in [-0.1, -0.05) is 23.7 Å². The molecule has 0 spiro atoms. The van der Waals surface area contributed by atoms with Crippen molar-refractivity contribution in [2.24, 2.45) is 0 Å². The largest absolute Gasteiger partial charge is 0.341 e. The third-order valence-corrected chi connectivity index (χ3v) is 5.46. The van der Waals surface area contributed by atoms with E-state index < -0.39 is 41.9 Å². The number of Topliss-reactive ketones (excluding diaryl/α,β-unsaturated/α-hetero) is 1. The minimum atomic E-state index is -1.03. The number of hydrogen-bond acceptors (Lipinski definition) is 6. The lowest BCUT2D eigenvalue weighted by Gasteiger charge is -2.24. The van der Waals surface area contributed by atoms with Crippen LogP contribution in [0.1, 0.15) is 30.4 Å². The number of aromatic nitrogens is 3. The summed E-state index contributed by atoms with van der Waals surface area (Å²) in [6.45, 7) is 3.53. The Morgan fingerprint density at radius 3 is 2.72 bits per heavy atom. The average molecular weight is 418 g/mol. The van der Waals surface area contributed by atoms with Gasteiger partial charge in [0.25, 0.3) is 0 Å². The van der Waals surface area contributed by atoms with E-state index >= 15 is 0 Å². The Labute approximate surface area is 170 Å². The van der Waals surface area contributed by atoms with Crippen LogP contribution in [0, 0.1) is 5.82 Å². The Kier molecular flexibility index (Phi) is 4.22. The second-order valence-corrected chi connectivity index (χ2v) is 7.84. The topological polar surface area (TPSA) is 75.5 Å². The van der Waals surface area contributed by atoms with Crippen LogP contribution in [0.3, 0.4) is 0 Å². The Morgan fingerprint density at radius 1 is 1.17 bits per heavy atom. The van der Waals surface area contributed by atoms with Crippen LogP contribution in [0.5, 0.6) is 0 Å². The van der Waals surface area contributed by atoms with Crippen molar-refractivity contribution >= 4 is 28.4 Å². The molecule has 5 rings (SSSR count). The molecule has 0 aliphatic carbocycles. The number of ether oxygens (including phenoxy) is 3. The maximum Gasteiger partial charge on any atom is 0.197 e. The van der Waals surface area contributed by atoms with Crippen LogP contribution in [-0.2, 0) is 14.2 Å². The summed E-state index contributed by atoms with van der Waals surface area (Å²) >= 11 is 6.15. The first kappa shape index (κ1) is 18.6. The number of nitrogens with zero attached hydrogens (tertiary/aromatic N) is 3. The van der Waals surface area contributed by atoms with E-state index in [2.05, 4.69) is 9.97 Å². The summed E-state index contributed by atoms with van der Waals surface area (Å²) in [4.78, 5) is 21.4. The summed E-state index contributed by atoms with van der Waals surface area (Å²) in [6, 6.07) is 7.58. The molecule has 3 aromatic rings. The maximum atomic E-state index is 14.2. The molecule has 9 heteroatoms. The monoisotopic (exact) mass is 417 g/mol. The van der Waals surface area contributed by atoms with E-state index in [4.69, 9.17) is 25.8 Å². The van der Waals surface area contributed by atoms with Gasteiger partial charge in [-0.2, -0.15) is 0 Å². The van der Waals surface area contributed by atoms with E-state index in [1.807, 2.05) is 0 Å². The van der Waals surface area contributed by atoms with E-state index in [-0.39, 0.29) is 5.56 Å². The molecule has 0 N–H and O–H groups in total. The fourth-order valence-corrected chi connectivity index (χ4v) is 4.16. The van der Waals surface area contributed by atoms with Gasteiger partial charge in [-0.3, -0.25) is 4.79 Å². The molecule has 2 saturated heterocycles. The molecule has 4 atom stereocenters. The highest BCUT2D eigenvalue weighted by molar-refractivity contribution is 6.33. The first-order valence-electron chi connectivity index (χ1n) is 9.12. The van der Waals surface area contributed by atoms with Crippen molar-refractivity contribution in [2.45, 2.75) is 44.2 Å². The molecule has 7 nitrogen and oxygen atoms in total. The van der Waals surface area contributed by atoms with Gasteiger partial charge in [0.15, 0.2) is 23.9 Å². The van der Waals surface area contributed by atoms with Gasteiger partial charge in [0.1, 0.15) is 35.2 Å². The molecule has 0 radical (unpaired) electrons. The fraction of sp³-hybridized carbons (Fsp3) is 0.350. The summed E-state index contributed by atoms with van der Waals surface area (Å²) in [6.07, 6.45) is 0.0830. The van der Waals surface area contributed by atoms with Gasteiger partial charge in [0, 0.05) is 6.20 Å². The Bertz CT molecular complexity index is 1120. The van der Waals surface area contributed by atoms with E-state index in [0.29, 0.717) is 16.2 Å². The summed E-state index contributed by atoms with van der Waals surface area (Å²) in [7, 11) is 0. The zero-order valence-electron chi connectivity index (χ0n) is 15.6. The Hall–Kier alpha value is -2.39. The first-order chi connectivity index (χ1) is 13.9. The SMILES string of the molecule is CC1(C)O[C@@H]2[C@H](O1)[C@@H](C(=O)c1ccccc1F)O[C@H]2n1ccc2c(Cl)ncnc21. The number of fused-ring (bicyclic) bond motifs is 2. The number of carbonyl (C=O) groups is 1. The third-order valence-electron chi connectivity index (χ3n) is 5.16. The van der Waals surface area contributed by atoms with E-state index in [1.54, 1.807) is 36.7 Å². The van der Waals surface area contributed by atoms with Gasteiger partial charge in [-0.05, 0) is 32.0 Å². The van der Waals surface area contributed by atoms with Gasteiger partial charge in [0.05, 0.1) is 10.9 Å². The maximum absolute atomic E-state index is 14.2. The van der Waals surface area contributed by atoms with E-state index in [0.717, 1.165) is 0 Å². The molecule has 150 valence electrons. The molecule has 0 amide bonds. The number of carbonyl (C=O) groups excluding carboxylic acids is 1. The summed E-state index contributed by atoms with van der Waals surface area (Å²) < 4.78 is 34.1. The van der Waals surface area contributed by atoms with E-state index in [9.17, 15) is 9.18 Å². The van der Waals surface area contributed by atoms with Gasteiger partial charge in [0.2, 0.25) is 0 Å². The van der Waals surface area contributed by atoms with Crippen LogP contribution in [0.4, 0.5) is 4.39 Å². The van der Waals surface area contributed by atoms with Gasteiger partial charge in [-0.15, -0.1) is 0 Å². The zero-order valence-corrected chi connectivity index (χ0v) is 16.3. The molecule has 4 heterocycles. The van der Waals surface area contributed by atoms with E-state index in [1.165, 1.54) is 24.5 Å². The van der Waals surface area contributed by atoms with Gasteiger partial charge in [-0.25, -0.2) is 14.4 Å². The van der Waals surface area contributed by atoms with Crippen LogP contribution in [-0.4, -0.2) is 44.4 Å². The minimum absolute atomic E-state index is 0.0482. The second-order valence-electron chi connectivity index (χ2n) is 7.48. The van der Waals surface area contributed by atoms with Crippen molar-refractivity contribution in [3.63, 3.8) is 0 Å². The third kappa shape index (κ3) is 2.95. The number of halogens is 2.